The lowest BCUT2D eigenvalue weighted by molar-refractivity contribution is 0.0998. The highest BCUT2D eigenvalue weighted by Gasteiger charge is 2.31. The van der Waals surface area contributed by atoms with E-state index in [1.807, 2.05) is 49.6 Å². The van der Waals surface area contributed by atoms with Crippen LogP contribution >= 0.6 is 11.3 Å². The van der Waals surface area contributed by atoms with E-state index in [-0.39, 0.29) is 24.2 Å². The van der Waals surface area contributed by atoms with Crippen molar-refractivity contribution in [3.8, 4) is 0 Å². The molecule has 2 aromatic rings. The van der Waals surface area contributed by atoms with Crippen molar-refractivity contribution in [3.63, 3.8) is 0 Å². The first-order chi connectivity index (χ1) is 11.1. The molecule has 0 unspecified atom stereocenters. The quantitative estimate of drug-likeness (QED) is 0.903. The molecule has 2 N–H and O–H groups in total. The summed E-state index contributed by atoms with van der Waals surface area (Å²) in [5.41, 5.74) is 1.99. The van der Waals surface area contributed by atoms with Gasteiger partial charge in [0, 0.05) is 12.0 Å². The molecule has 2 heterocycles. The molecular formula is C17H21N3O2S. The highest BCUT2D eigenvalue weighted by atomic mass is 32.1. The van der Waals surface area contributed by atoms with E-state index >= 15 is 0 Å². The first-order valence-corrected chi connectivity index (χ1v) is 8.67. The third kappa shape index (κ3) is 3.89. The van der Waals surface area contributed by atoms with Crippen molar-refractivity contribution in [2.45, 2.75) is 38.5 Å². The fourth-order valence-electron chi connectivity index (χ4n) is 2.77. The van der Waals surface area contributed by atoms with Gasteiger partial charge in [-0.15, -0.1) is 11.3 Å². The molecule has 1 aromatic heterocycles. The minimum absolute atomic E-state index is 0.0122. The Bertz CT molecular complexity index is 659. The molecule has 3 atom stereocenters. The van der Waals surface area contributed by atoms with E-state index in [0.29, 0.717) is 6.61 Å². The number of rotatable bonds is 4. The molecule has 1 aromatic carbocycles. The van der Waals surface area contributed by atoms with Crippen LogP contribution in [0.3, 0.4) is 0 Å². The molecule has 1 aliphatic heterocycles. The Hall–Kier alpha value is -1.92. The highest BCUT2D eigenvalue weighted by molar-refractivity contribution is 7.09. The molecule has 1 aliphatic rings. The molecule has 0 saturated carbocycles. The van der Waals surface area contributed by atoms with Gasteiger partial charge in [0.15, 0.2) is 0 Å². The number of urea groups is 1. The van der Waals surface area contributed by atoms with Crippen LogP contribution in [0.4, 0.5) is 4.79 Å². The Morgan fingerprint density at radius 1 is 1.39 bits per heavy atom. The van der Waals surface area contributed by atoms with Gasteiger partial charge in [-0.1, -0.05) is 30.3 Å². The maximum atomic E-state index is 12.3. The number of aromatic nitrogens is 1. The first-order valence-electron chi connectivity index (χ1n) is 7.79. The summed E-state index contributed by atoms with van der Waals surface area (Å²) in [5.74, 6) is 0. The molecule has 0 radical (unpaired) electrons. The molecule has 0 bridgehead atoms. The van der Waals surface area contributed by atoms with Crippen molar-refractivity contribution >= 4 is 17.4 Å². The molecule has 6 heteroatoms. The van der Waals surface area contributed by atoms with Gasteiger partial charge in [0.05, 0.1) is 22.8 Å². The Balaban J connectivity index is 1.59. The fourth-order valence-corrected chi connectivity index (χ4v) is 3.47. The Morgan fingerprint density at radius 2 is 2.17 bits per heavy atom. The third-order valence-corrected chi connectivity index (χ3v) is 4.76. The maximum Gasteiger partial charge on any atom is 0.315 e. The normalized spacial score (nSPS) is 21.8. The van der Waals surface area contributed by atoms with Crippen LogP contribution in [0.1, 0.15) is 41.8 Å². The molecule has 5 nitrogen and oxygen atoms in total. The number of nitrogens with zero attached hydrogens (tertiary/aromatic N) is 1. The molecular weight excluding hydrogens is 310 g/mol. The minimum Gasteiger partial charge on any atom is -0.371 e. The average molecular weight is 331 g/mol. The third-order valence-electron chi connectivity index (χ3n) is 3.96. The van der Waals surface area contributed by atoms with Gasteiger partial charge in [-0.2, -0.15) is 0 Å². The second-order valence-electron chi connectivity index (χ2n) is 5.73. The number of carbonyl (C=O) groups excluding carboxylic acids is 1. The topological polar surface area (TPSA) is 63.2 Å². The van der Waals surface area contributed by atoms with Crippen LogP contribution in [-0.4, -0.2) is 23.7 Å². The van der Waals surface area contributed by atoms with Crippen LogP contribution < -0.4 is 10.6 Å². The number of hydrogen-bond donors (Lipinski definition) is 2. The van der Waals surface area contributed by atoms with Crippen LogP contribution in [0.25, 0.3) is 0 Å². The second-order valence-corrected chi connectivity index (χ2v) is 6.79. The summed E-state index contributed by atoms with van der Waals surface area (Å²) in [5, 5.41) is 8.96. The van der Waals surface area contributed by atoms with Gasteiger partial charge in [-0.3, -0.25) is 0 Å². The summed E-state index contributed by atoms with van der Waals surface area (Å²) in [6.07, 6.45) is 0.732. The van der Waals surface area contributed by atoms with E-state index in [1.54, 1.807) is 11.3 Å². The van der Waals surface area contributed by atoms with Gasteiger partial charge in [0.2, 0.25) is 0 Å². The number of hydrogen-bond acceptors (Lipinski definition) is 4. The van der Waals surface area contributed by atoms with Crippen molar-refractivity contribution < 1.29 is 9.53 Å². The zero-order valence-electron chi connectivity index (χ0n) is 13.3. The Morgan fingerprint density at radius 3 is 2.87 bits per heavy atom. The van der Waals surface area contributed by atoms with Crippen molar-refractivity contribution in [2.24, 2.45) is 0 Å². The van der Waals surface area contributed by atoms with Gasteiger partial charge >= 0.3 is 6.03 Å². The summed E-state index contributed by atoms with van der Waals surface area (Å²) in [7, 11) is 0. The summed E-state index contributed by atoms with van der Waals surface area (Å²) in [6, 6.07) is 9.71. The second kappa shape index (κ2) is 7.10. The largest absolute Gasteiger partial charge is 0.371 e. The molecule has 0 aliphatic carbocycles. The minimum atomic E-state index is -0.181. The van der Waals surface area contributed by atoms with Crippen molar-refractivity contribution in [1.82, 2.24) is 15.6 Å². The number of carbonyl (C=O) groups is 1. The van der Waals surface area contributed by atoms with Crippen LogP contribution in [-0.2, 0) is 4.74 Å². The number of amides is 2. The first kappa shape index (κ1) is 16.0. The van der Waals surface area contributed by atoms with Crippen molar-refractivity contribution in [1.29, 1.82) is 0 Å². The molecule has 2 amide bonds. The smallest absolute Gasteiger partial charge is 0.315 e. The van der Waals surface area contributed by atoms with E-state index in [9.17, 15) is 4.79 Å². The summed E-state index contributed by atoms with van der Waals surface area (Å²) >= 11 is 1.59. The molecule has 23 heavy (non-hydrogen) atoms. The number of nitrogens with one attached hydrogen (secondary N) is 2. The molecule has 1 saturated heterocycles. The number of benzene rings is 1. The predicted octanol–water partition coefficient (Wildman–Crippen LogP) is 3.34. The highest BCUT2D eigenvalue weighted by Crippen LogP contribution is 2.29. The van der Waals surface area contributed by atoms with Crippen LogP contribution in [0.15, 0.2) is 35.7 Å². The molecule has 0 spiro atoms. The zero-order chi connectivity index (χ0) is 16.2. The standard InChI is InChI=1S/C17H21N3O2S/c1-11(15-10-23-12(2)19-15)18-17(21)20-14-8-9-22-16(14)13-6-4-3-5-7-13/h3-7,10-11,14,16H,8-9H2,1-2H3,(H2,18,20,21)/t11-,14+,16+/m0/s1. The molecule has 1 fully saturated rings. The van der Waals surface area contributed by atoms with Gasteiger partial charge in [-0.25, -0.2) is 9.78 Å². The van der Waals surface area contributed by atoms with E-state index in [0.717, 1.165) is 22.7 Å². The maximum absolute atomic E-state index is 12.3. The van der Waals surface area contributed by atoms with E-state index in [2.05, 4.69) is 15.6 Å². The number of aryl methyl sites for hydroxylation is 1. The molecule has 122 valence electrons. The lowest BCUT2D eigenvalue weighted by Crippen LogP contribution is -2.44. The van der Waals surface area contributed by atoms with E-state index in [1.165, 1.54) is 0 Å². The lowest BCUT2D eigenvalue weighted by atomic mass is 10.0. The summed E-state index contributed by atoms with van der Waals surface area (Å²) in [4.78, 5) is 16.7. The van der Waals surface area contributed by atoms with Gasteiger partial charge in [-0.05, 0) is 25.8 Å². The van der Waals surface area contributed by atoms with Crippen LogP contribution in [0.2, 0.25) is 0 Å². The lowest BCUT2D eigenvalue weighted by Gasteiger charge is -2.21. The molecule has 3 rings (SSSR count). The van der Waals surface area contributed by atoms with Crippen LogP contribution in [0, 0.1) is 6.92 Å². The summed E-state index contributed by atoms with van der Waals surface area (Å²) < 4.78 is 5.79. The summed E-state index contributed by atoms with van der Waals surface area (Å²) in [6.45, 7) is 4.56. The monoisotopic (exact) mass is 331 g/mol. The zero-order valence-corrected chi connectivity index (χ0v) is 14.1. The van der Waals surface area contributed by atoms with Gasteiger partial charge < -0.3 is 15.4 Å². The SMILES string of the molecule is Cc1nc([C@H](C)NC(=O)N[C@@H]2CCO[C@@H]2c2ccccc2)cs1. The Kier molecular flexibility index (Phi) is 4.93. The predicted molar refractivity (Wildman–Crippen MR) is 90.5 cm³/mol. The number of thiazole rings is 1. The Labute approximate surface area is 140 Å². The van der Waals surface area contributed by atoms with Gasteiger partial charge in [0.25, 0.3) is 0 Å². The van der Waals surface area contributed by atoms with E-state index < -0.39 is 0 Å². The van der Waals surface area contributed by atoms with Crippen molar-refractivity contribution in [2.75, 3.05) is 6.61 Å². The van der Waals surface area contributed by atoms with Gasteiger partial charge in [0.1, 0.15) is 6.10 Å². The average Bonchev–Trinajstić information content (AvgIpc) is 3.17. The number of ether oxygens (including phenoxy) is 1. The van der Waals surface area contributed by atoms with Crippen molar-refractivity contribution in [3.05, 3.63) is 52.0 Å². The van der Waals surface area contributed by atoms with Crippen LogP contribution in [0.5, 0.6) is 0 Å². The van der Waals surface area contributed by atoms with E-state index in [4.69, 9.17) is 4.74 Å². The fraction of sp³-hybridized carbons (Fsp3) is 0.412.